The molecule has 0 saturated heterocycles. The topological polar surface area (TPSA) is 68.0 Å². The molecule has 2 aromatic rings. The number of aromatic nitrogens is 1. The van der Waals surface area contributed by atoms with E-state index in [1.54, 1.807) is 23.0 Å². The summed E-state index contributed by atoms with van der Waals surface area (Å²) in [5.74, 6) is -1.03. The van der Waals surface area contributed by atoms with Crippen molar-refractivity contribution in [3.63, 3.8) is 0 Å². The molecule has 17 heavy (non-hydrogen) atoms. The Hall–Kier alpha value is -1.95. The average molecular weight is 251 g/mol. The average Bonchev–Trinajstić information content (AvgIpc) is 2.81. The number of amides is 1. The number of nitrogens with zero attached hydrogens (tertiary/aromatic N) is 1. The van der Waals surface area contributed by atoms with Crippen LogP contribution in [0.2, 0.25) is 0 Å². The molecule has 88 valence electrons. The summed E-state index contributed by atoms with van der Waals surface area (Å²) in [6.07, 6.45) is 0. The fraction of sp³-hybridized carbons (Fsp3) is 0.0909. The first kappa shape index (κ1) is 11.5. The van der Waals surface area contributed by atoms with Crippen LogP contribution in [0.4, 0.5) is 10.1 Å². The third kappa shape index (κ3) is 2.59. The van der Waals surface area contributed by atoms with Crippen LogP contribution in [0.3, 0.4) is 0 Å². The fourth-order valence-electron chi connectivity index (χ4n) is 1.39. The molecule has 1 amide bonds. The second-order valence-corrected chi connectivity index (χ2v) is 4.09. The Morgan fingerprint density at radius 1 is 1.47 bits per heavy atom. The number of halogens is 1. The quantitative estimate of drug-likeness (QED) is 0.872. The number of carbonyl (C=O) groups excluding carboxylic acids is 1. The van der Waals surface area contributed by atoms with Gasteiger partial charge in [0.25, 0.3) is 0 Å². The van der Waals surface area contributed by atoms with Crippen molar-refractivity contribution in [2.24, 2.45) is 5.73 Å². The van der Waals surface area contributed by atoms with Gasteiger partial charge in [0.2, 0.25) is 5.91 Å². The van der Waals surface area contributed by atoms with Crippen molar-refractivity contribution in [1.29, 1.82) is 0 Å². The largest absolute Gasteiger partial charge is 0.368 e. The first-order chi connectivity index (χ1) is 8.18. The van der Waals surface area contributed by atoms with Gasteiger partial charge in [-0.25, -0.2) is 9.37 Å². The van der Waals surface area contributed by atoms with E-state index in [-0.39, 0.29) is 5.69 Å². The predicted molar refractivity (Wildman–Crippen MR) is 64.1 cm³/mol. The van der Waals surface area contributed by atoms with Gasteiger partial charge < -0.3 is 11.1 Å². The zero-order valence-electron chi connectivity index (χ0n) is 8.76. The van der Waals surface area contributed by atoms with Crippen molar-refractivity contribution < 1.29 is 9.18 Å². The molecule has 6 heteroatoms. The van der Waals surface area contributed by atoms with Gasteiger partial charge in [-0.2, -0.15) is 0 Å². The number of nitrogens with one attached hydrogen (secondary N) is 1. The molecule has 1 aromatic heterocycles. The predicted octanol–water partition coefficient (Wildman–Crippen LogP) is 1.92. The highest BCUT2D eigenvalue weighted by atomic mass is 32.1. The van der Waals surface area contributed by atoms with Gasteiger partial charge in [0, 0.05) is 5.38 Å². The number of benzene rings is 1. The molecule has 0 aliphatic heterocycles. The summed E-state index contributed by atoms with van der Waals surface area (Å²) in [4.78, 5) is 15.3. The van der Waals surface area contributed by atoms with Gasteiger partial charge in [0.05, 0.1) is 16.9 Å². The van der Waals surface area contributed by atoms with Crippen molar-refractivity contribution in [2.75, 3.05) is 5.32 Å². The van der Waals surface area contributed by atoms with E-state index in [0.717, 1.165) is 0 Å². The zero-order valence-corrected chi connectivity index (χ0v) is 9.58. The van der Waals surface area contributed by atoms with Gasteiger partial charge in [-0.3, -0.25) is 4.79 Å². The standard InChI is InChI=1S/C11H10FN3OS/c12-7-3-1-2-4-8(7)15-10(11(13)16)9-5-17-6-14-9/h1-6,10,15H,(H2,13,16). The smallest absolute Gasteiger partial charge is 0.246 e. The van der Waals surface area contributed by atoms with Crippen LogP contribution in [0.25, 0.3) is 0 Å². The summed E-state index contributed by atoms with van der Waals surface area (Å²) in [6.45, 7) is 0. The Bertz CT molecular complexity index is 515. The highest BCUT2D eigenvalue weighted by Gasteiger charge is 2.20. The second-order valence-electron chi connectivity index (χ2n) is 3.37. The lowest BCUT2D eigenvalue weighted by molar-refractivity contribution is -0.118. The van der Waals surface area contributed by atoms with Crippen LogP contribution in [0.1, 0.15) is 11.7 Å². The number of primary amides is 1. The summed E-state index contributed by atoms with van der Waals surface area (Å²) >= 11 is 1.35. The Labute approximate surface area is 101 Å². The molecule has 1 aromatic carbocycles. The molecule has 0 spiro atoms. The maximum Gasteiger partial charge on any atom is 0.246 e. The Morgan fingerprint density at radius 3 is 2.82 bits per heavy atom. The van der Waals surface area contributed by atoms with Gasteiger partial charge >= 0.3 is 0 Å². The number of hydrogen-bond donors (Lipinski definition) is 2. The lowest BCUT2D eigenvalue weighted by atomic mass is 10.2. The van der Waals surface area contributed by atoms with E-state index in [4.69, 9.17) is 5.73 Å². The van der Waals surface area contributed by atoms with Crippen LogP contribution in [0.5, 0.6) is 0 Å². The minimum absolute atomic E-state index is 0.226. The Morgan fingerprint density at radius 2 is 2.24 bits per heavy atom. The third-order valence-corrected chi connectivity index (χ3v) is 2.81. The zero-order chi connectivity index (χ0) is 12.3. The molecule has 3 N–H and O–H groups in total. The van der Waals surface area contributed by atoms with Crippen molar-refractivity contribution in [3.8, 4) is 0 Å². The van der Waals surface area contributed by atoms with Gasteiger partial charge in [-0.15, -0.1) is 11.3 Å². The molecule has 4 nitrogen and oxygen atoms in total. The van der Waals surface area contributed by atoms with E-state index in [0.29, 0.717) is 5.69 Å². The van der Waals surface area contributed by atoms with Crippen LogP contribution in [0.15, 0.2) is 35.2 Å². The maximum atomic E-state index is 13.4. The minimum atomic E-state index is -0.821. The van der Waals surface area contributed by atoms with E-state index in [9.17, 15) is 9.18 Å². The van der Waals surface area contributed by atoms with Crippen LogP contribution < -0.4 is 11.1 Å². The second kappa shape index (κ2) is 4.92. The highest BCUT2D eigenvalue weighted by Crippen LogP contribution is 2.21. The molecule has 1 atom stereocenters. The number of anilines is 1. The van der Waals surface area contributed by atoms with Gasteiger partial charge in [-0.1, -0.05) is 12.1 Å². The minimum Gasteiger partial charge on any atom is -0.368 e. The molecular weight excluding hydrogens is 241 g/mol. The molecule has 1 heterocycles. The molecular formula is C11H10FN3OS. The number of hydrogen-bond acceptors (Lipinski definition) is 4. The third-order valence-electron chi connectivity index (χ3n) is 2.21. The van der Waals surface area contributed by atoms with Crippen LogP contribution in [-0.4, -0.2) is 10.9 Å². The number of para-hydroxylation sites is 1. The molecule has 1 unspecified atom stereocenters. The number of rotatable bonds is 4. The van der Waals surface area contributed by atoms with E-state index >= 15 is 0 Å². The summed E-state index contributed by atoms with van der Waals surface area (Å²) in [5.41, 5.74) is 7.58. The van der Waals surface area contributed by atoms with Crippen LogP contribution in [0, 0.1) is 5.82 Å². The van der Waals surface area contributed by atoms with Crippen LogP contribution >= 0.6 is 11.3 Å². The number of carbonyl (C=O) groups is 1. The van der Waals surface area contributed by atoms with E-state index in [1.165, 1.54) is 23.5 Å². The van der Waals surface area contributed by atoms with Gasteiger partial charge in [-0.05, 0) is 12.1 Å². The normalized spacial score (nSPS) is 12.1. The lowest BCUT2D eigenvalue weighted by Crippen LogP contribution is -2.28. The SMILES string of the molecule is NC(=O)C(Nc1ccccc1F)c1cscn1. The highest BCUT2D eigenvalue weighted by molar-refractivity contribution is 7.07. The number of thiazole rings is 1. The van der Waals surface area contributed by atoms with Crippen molar-refractivity contribution in [3.05, 3.63) is 46.7 Å². The van der Waals surface area contributed by atoms with Gasteiger partial charge in [0.15, 0.2) is 0 Å². The van der Waals surface area contributed by atoms with E-state index in [2.05, 4.69) is 10.3 Å². The molecule has 0 aliphatic rings. The fourth-order valence-corrected chi connectivity index (χ4v) is 1.97. The maximum absolute atomic E-state index is 13.4. The Kier molecular flexibility index (Phi) is 3.34. The van der Waals surface area contributed by atoms with Crippen molar-refractivity contribution in [1.82, 2.24) is 4.98 Å². The number of nitrogens with two attached hydrogens (primary N) is 1. The summed E-state index contributed by atoms with van der Waals surface area (Å²) in [6, 6.07) is 5.27. The van der Waals surface area contributed by atoms with Crippen molar-refractivity contribution in [2.45, 2.75) is 6.04 Å². The van der Waals surface area contributed by atoms with E-state index < -0.39 is 17.8 Å². The lowest BCUT2D eigenvalue weighted by Gasteiger charge is -2.14. The molecule has 0 saturated carbocycles. The molecule has 2 rings (SSSR count). The molecule has 0 aliphatic carbocycles. The molecule has 0 fully saturated rings. The first-order valence-corrected chi connectivity index (χ1v) is 5.81. The first-order valence-electron chi connectivity index (χ1n) is 4.87. The summed E-state index contributed by atoms with van der Waals surface area (Å²) < 4.78 is 13.4. The monoisotopic (exact) mass is 251 g/mol. The van der Waals surface area contributed by atoms with Gasteiger partial charge in [0.1, 0.15) is 11.9 Å². The summed E-state index contributed by atoms with van der Waals surface area (Å²) in [5, 5.41) is 4.44. The molecule has 0 radical (unpaired) electrons. The van der Waals surface area contributed by atoms with Crippen LogP contribution in [-0.2, 0) is 4.79 Å². The van der Waals surface area contributed by atoms with E-state index in [1.807, 2.05) is 0 Å². The summed E-state index contributed by atoms with van der Waals surface area (Å²) in [7, 11) is 0. The Balaban J connectivity index is 2.26. The van der Waals surface area contributed by atoms with Crippen molar-refractivity contribution >= 4 is 22.9 Å². The molecule has 0 bridgehead atoms.